The van der Waals surface area contributed by atoms with Crippen molar-refractivity contribution in [2.24, 2.45) is 0 Å². The average molecular weight is 385 g/mol. The smallest absolute Gasteiger partial charge is 0.319 e. The van der Waals surface area contributed by atoms with E-state index in [1.165, 1.54) is 6.07 Å². The standard InChI is InChI=1S/C18H17F2N7O/c19-14-4-3-12(10-15(14)20)25-18(28)23-9-8-22-16-5-6-17(27-26-16)24-13-2-1-7-21-11-13/h1-7,10-11H,8-9H2,(H,22,26)(H,24,27)(H2,23,25,28). The fourth-order valence-corrected chi connectivity index (χ4v) is 2.19. The minimum Gasteiger partial charge on any atom is -0.367 e. The summed E-state index contributed by atoms with van der Waals surface area (Å²) in [5.41, 5.74) is 0.959. The van der Waals surface area contributed by atoms with Gasteiger partial charge >= 0.3 is 6.03 Å². The number of aromatic nitrogens is 3. The number of carbonyl (C=O) groups is 1. The molecule has 0 atom stereocenters. The highest BCUT2D eigenvalue weighted by molar-refractivity contribution is 5.89. The zero-order valence-electron chi connectivity index (χ0n) is 14.6. The van der Waals surface area contributed by atoms with Gasteiger partial charge in [0.15, 0.2) is 17.5 Å². The Bertz CT molecular complexity index is 923. The van der Waals surface area contributed by atoms with E-state index in [1.807, 2.05) is 6.07 Å². The molecular formula is C18H17F2N7O. The minimum atomic E-state index is -1.03. The van der Waals surface area contributed by atoms with Crippen LogP contribution < -0.4 is 21.3 Å². The van der Waals surface area contributed by atoms with Crippen LogP contribution in [-0.4, -0.2) is 34.3 Å². The van der Waals surface area contributed by atoms with Gasteiger partial charge in [0.2, 0.25) is 0 Å². The van der Waals surface area contributed by atoms with Gasteiger partial charge in [0.1, 0.15) is 5.82 Å². The molecule has 0 spiro atoms. The SMILES string of the molecule is O=C(NCCNc1ccc(Nc2cccnc2)nn1)Nc1ccc(F)c(F)c1. The predicted molar refractivity (Wildman–Crippen MR) is 101 cm³/mol. The van der Waals surface area contributed by atoms with Crippen molar-refractivity contribution >= 4 is 29.0 Å². The first-order chi connectivity index (χ1) is 13.6. The van der Waals surface area contributed by atoms with Crippen LogP contribution >= 0.6 is 0 Å². The summed E-state index contributed by atoms with van der Waals surface area (Å²) in [4.78, 5) is 15.7. The van der Waals surface area contributed by atoms with Crippen LogP contribution in [0.4, 0.5) is 36.6 Å². The third kappa shape index (κ3) is 5.59. The van der Waals surface area contributed by atoms with Crippen LogP contribution in [-0.2, 0) is 0 Å². The van der Waals surface area contributed by atoms with Crippen LogP contribution in [0.1, 0.15) is 0 Å². The van der Waals surface area contributed by atoms with Crippen molar-refractivity contribution in [2.75, 3.05) is 29.0 Å². The lowest BCUT2D eigenvalue weighted by Gasteiger charge is -2.09. The third-order valence-corrected chi connectivity index (χ3v) is 3.49. The first-order valence-corrected chi connectivity index (χ1v) is 8.35. The van der Waals surface area contributed by atoms with Crippen molar-refractivity contribution in [3.63, 3.8) is 0 Å². The Hall–Kier alpha value is -3.82. The fourth-order valence-electron chi connectivity index (χ4n) is 2.19. The van der Waals surface area contributed by atoms with E-state index in [1.54, 1.807) is 30.6 Å². The Morgan fingerprint density at radius 3 is 2.46 bits per heavy atom. The molecule has 2 amide bonds. The van der Waals surface area contributed by atoms with Gasteiger partial charge in [-0.15, -0.1) is 10.2 Å². The molecule has 3 aromatic rings. The number of benzene rings is 1. The molecule has 0 saturated carbocycles. The largest absolute Gasteiger partial charge is 0.367 e. The average Bonchev–Trinajstić information content (AvgIpc) is 2.70. The first kappa shape index (κ1) is 19.0. The number of rotatable bonds is 7. The summed E-state index contributed by atoms with van der Waals surface area (Å²) in [5, 5.41) is 19.1. The number of halogens is 2. The monoisotopic (exact) mass is 385 g/mol. The number of nitrogens with zero attached hydrogens (tertiary/aromatic N) is 3. The second kappa shape index (κ2) is 9.21. The molecule has 28 heavy (non-hydrogen) atoms. The van der Waals surface area contributed by atoms with Crippen molar-refractivity contribution < 1.29 is 13.6 Å². The number of carbonyl (C=O) groups excluding carboxylic acids is 1. The zero-order chi connectivity index (χ0) is 19.8. The zero-order valence-corrected chi connectivity index (χ0v) is 14.6. The Morgan fingerprint density at radius 1 is 0.929 bits per heavy atom. The summed E-state index contributed by atoms with van der Waals surface area (Å²) in [5.74, 6) is -0.889. The van der Waals surface area contributed by atoms with Gasteiger partial charge in [0.25, 0.3) is 0 Å². The fraction of sp³-hybridized carbons (Fsp3) is 0.111. The first-order valence-electron chi connectivity index (χ1n) is 8.35. The van der Waals surface area contributed by atoms with E-state index in [-0.39, 0.29) is 12.2 Å². The second-order valence-electron chi connectivity index (χ2n) is 5.61. The number of amides is 2. The molecule has 0 bridgehead atoms. The summed E-state index contributed by atoms with van der Waals surface area (Å²) >= 11 is 0. The van der Waals surface area contributed by atoms with E-state index >= 15 is 0 Å². The maximum Gasteiger partial charge on any atom is 0.319 e. The lowest BCUT2D eigenvalue weighted by molar-refractivity contribution is 0.252. The molecule has 1 aromatic carbocycles. The number of hydrogen-bond acceptors (Lipinski definition) is 6. The Morgan fingerprint density at radius 2 is 1.75 bits per heavy atom. The minimum absolute atomic E-state index is 0.159. The van der Waals surface area contributed by atoms with Crippen LogP contribution in [0.15, 0.2) is 54.9 Å². The summed E-state index contributed by atoms with van der Waals surface area (Å²) in [6.45, 7) is 0.683. The molecule has 3 rings (SSSR count). The molecule has 0 saturated heterocycles. The van der Waals surface area contributed by atoms with Gasteiger partial charge in [-0.05, 0) is 36.4 Å². The molecule has 8 nitrogen and oxygen atoms in total. The van der Waals surface area contributed by atoms with E-state index in [2.05, 4.69) is 36.4 Å². The van der Waals surface area contributed by atoms with Crippen molar-refractivity contribution in [3.05, 3.63) is 66.5 Å². The van der Waals surface area contributed by atoms with Gasteiger partial charge in [-0.25, -0.2) is 13.6 Å². The van der Waals surface area contributed by atoms with Crippen LogP contribution in [0.2, 0.25) is 0 Å². The van der Waals surface area contributed by atoms with Crippen molar-refractivity contribution in [3.8, 4) is 0 Å². The van der Waals surface area contributed by atoms with E-state index < -0.39 is 17.7 Å². The van der Waals surface area contributed by atoms with Crippen molar-refractivity contribution in [1.82, 2.24) is 20.5 Å². The highest BCUT2D eigenvalue weighted by Crippen LogP contribution is 2.13. The molecule has 144 valence electrons. The quantitative estimate of drug-likeness (QED) is 0.466. The van der Waals surface area contributed by atoms with Gasteiger partial charge in [0.05, 0.1) is 11.9 Å². The molecular weight excluding hydrogens is 368 g/mol. The van der Waals surface area contributed by atoms with Crippen LogP contribution in [0.3, 0.4) is 0 Å². The molecule has 0 unspecified atom stereocenters. The maximum absolute atomic E-state index is 13.1. The molecule has 0 radical (unpaired) electrons. The number of urea groups is 1. The van der Waals surface area contributed by atoms with Gasteiger partial charge in [-0.1, -0.05) is 0 Å². The molecule has 0 aliphatic rings. The summed E-state index contributed by atoms with van der Waals surface area (Å²) < 4.78 is 25.9. The van der Waals surface area contributed by atoms with Crippen molar-refractivity contribution in [2.45, 2.75) is 0 Å². The lowest BCUT2D eigenvalue weighted by atomic mass is 10.3. The number of pyridine rings is 1. The van der Waals surface area contributed by atoms with E-state index in [4.69, 9.17) is 0 Å². The lowest BCUT2D eigenvalue weighted by Crippen LogP contribution is -2.32. The topological polar surface area (TPSA) is 104 Å². The van der Waals surface area contributed by atoms with E-state index in [9.17, 15) is 13.6 Å². The molecule has 0 aliphatic carbocycles. The molecule has 4 N–H and O–H groups in total. The van der Waals surface area contributed by atoms with Crippen LogP contribution in [0, 0.1) is 11.6 Å². The predicted octanol–water partition coefficient (Wildman–Crippen LogP) is 3.13. The summed E-state index contributed by atoms with van der Waals surface area (Å²) in [6, 6.07) is 9.75. The van der Waals surface area contributed by atoms with Gasteiger partial charge in [-0.3, -0.25) is 4.98 Å². The summed E-state index contributed by atoms with van der Waals surface area (Å²) in [6.07, 6.45) is 3.35. The Kier molecular flexibility index (Phi) is 6.24. The van der Waals surface area contributed by atoms with Gasteiger partial charge < -0.3 is 21.3 Å². The Labute approximate surface area is 159 Å². The molecule has 10 heteroatoms. The normalized spacial score (nSPS) is 10.2. The maximum atomic E-state index is 13.1. The highest BCUT2D eigenvalue weighted by atomic mass is 19.2. The highest BCUT2D eigenvalue weighted by Gasteiger charge is 2.05. The molecule has 0 aliphatic heterocycles. The Balaban J connectivity index is 1.38. The van der Waals surface area contributed by atoms with Crippen LogP contribution in [0.5, 0.6) is 0 Å². The third-order valence-electron chi connectivity index (χ3n) is 3.49. The molecule has 0 fully saturated rings. The van der Waals surface area contributed by atoms with E-state index in [0.29, 0.717) is 18.2 Å². The number of hydrogen-bond donors (Lipinski definition) is 4. The van der Waals surface area contributed by atoms with Gasteiger partial charge in [-0.2, -0.15) is 0 Å². The number of anilines is 4. The van der Waals surface area contributed by atoms with E-state index in [0.717, 1.165) is 17.8 Å². The second-order valence-corrected chi connectivity index (χ2v) is 5.61. The number of nitrogens with one attached hydrogen (secondary N) is 4. The van der Waals surface area contributed by atoms with Gasteiger partial charge in [0, 0.05) is 31.0 Å². The summed E-state index contributed by atoms with van der Waals surface area (Å²) in [7, 11) is 0. The van der Waals surface area contributed by atoms with Crippen molar-refractivity contribution in [1.29, 1.82) is 0 Å². The molecule has 2 aromatic heterocycles. The van der Waals surface area contributed by atoms with Crippen LogP contribution in [0.25, 0.3) is 0 Å². The molecule has 2 heterocycles.